The van der Waals surface area contributed by atoms with Crippen LogP contribution in [0, 0.1) is 0 Å². The highest BCUT2D eigenvalue weighted by atomic mass is 16.5. The van der Waals surface area contributed by atoms with Gasteiger partial charge in [0.1, 0.15) is 13.5 Å². The van der Waals surface area contributed by atoms with Gasteiger partial charge in [0.05, 0.1) is 6.10 Å². The number of methoxy groups -OCH3 is 3. The summed E-state index contributed by atoms with van der Waals surface area (Å²) in [6, 6.07) is 0. The van der Waals surface area contributed by atoms with Crippen molar-refractivity contribution in [2.75, 3.05) is 47.9 Å². The van der Waals surface area contributed by atoms with Crippen molar-refractivity contribution in [3.63, 3.8) is 0 Å². The highest BCUT2D eigenvalue weighted by Crippen LogP contribution is 1.96. The smallest absolute Gasteiger partial charge is 0.207 e. The average Bonchev–Trinajstić information content (AvgIpc) is 2.24. The van der Waals surface area contributed by atoms with Crippen LogP contribution in [0.3, 0.4) is 0 Å². The predicted molar refractivity (Wildman–Crippen MR) is 55.3 cm³/mol. The largest absolute Gasteiger partial charge is 0.378 e. The number of nitrogens with zero attached hydrogens (tertiary/aromatic N) is 1. The number of carbonyl (C=O) groups is 1. The van der Waals surface area contributed by atoms with E-state index >= 15 is 0 Å². The van der Waals surface area contributed by atoms with Crippen LogP contribution in [0.15, 0.2) is 0 Å². The van der Waals surface area contributed by atoms with Gasteiger partial charge >= 0.3 is 0 Å². The monoisotopic (exact) mass is 220 g/mol. The van der Waals surface area contributed by atoms with Crippen LogP contribution < -0.4 is 5.32 Å². The molecule has 0 spiro atoms. The molecule has 1 unspecified atom stereocenters. The summed E-state index contributed by atoms with van der Waals surface area (Å²) in [7, 11) is 4.84. The van der Waals surface area contributed by atoms with Crippen molar-refractivity contribution in [2.45, 2.75) is 6.10 Å². The van der Waals surface area contributed by atoms with Crippen molar-refractivity contribution in [3.8, 4) is 0 Å². The Hall–Kier alpha value is -0.690. The van der Waals surface area contributed by atoms with Crippen molar-refractivity contribution in [3.05, 3.63) is 0 Å². The van der Waals surface area contributed by atoms with Gasteiger partial charge in [0.25, 0.3) is 0 Å². The second-order valence-corrected chi connectivity index (χ2v) is 3.07. The maximum absolute atomic E-state index is 10.1. The molecule has 0 bridgehead atoms. The summed E-state index contributed by atoms with van der Waals surface area (Å²) < 4.78 is 15.2. The lowest BCUT2D eigenvalue weighted by molar-refractivity contribution is -0.110. The van der Waals surface area contributed by atoms with E-state index in [2.05, 4.69) is 5.32 Å². The van der Waals surface area contributed by atoms with Crippen molar-refractivity contribution < 1.29 is 19.0 Å². The minimum Gasteiger partial charge on any atom is -0.378 e. The Morgan fingerprint density at radius 2 is 1.87 bits per heavy atom. The maximum Gasteiger partial charge on any atom is 0.207 e. The second kappa shape index (κ2) is 9.85. The molecule has 0 radical (unpaired) electrons. The molecule has 1 N–H and O–H groups in total. The molecular formula is C9H20N2O4. The van der Waals surface area contributed by atoms with Gasteiger partial charge in [-0.15, -0.1) is 0 Å². The highest BCUT2D eigenvalue weighted by molar-refractivity contribution is 5.45. The first kappa shape index (κ1) is 14.3. The van der Waals surface area contributed by atoms with Gasteiger partial charge in [0.15, 0.2) is 0 Å². The molecule has 0 fully saturated rings. The average molecular weight is 220 g/mol. The van der Waals surface area contributed by atoms with E-state index < -0.39 is 0 Å². The van der Waals surface area contributed by atoms with Gasteiger partial charge in [-0.25, -0.2) is 0 Å². The van der Waals surface area contributed by atoms with Gasteiger partial charge in [-0.2, -0.15) is 0 Å². The van der Waals surface area contributed by atoms with E-state index in [1.807, 2.05) is 4.90 Å². The lowest BCUT2D eigenvalue weighted by Gasteiger charge is -2.24. The Balaban J connectivity index is 3.90. The van der Waals surface area contributed by atoms with Gasteiger partial charge < -0.3 is 19.5 Å². The molecule has 0 heterocycles. The number of nitrogens with one attached hydrogen (secondary N) is 1. The first-order valence-electron chi connectivity index (χ1n) is 4.68. The van der Waals surface area contributed by atoms with Gasteiger partial charge in [0.2, 0.25) is 6.41 Å². The normalized spacial score (nSPS) is 12.8. The van der Waals surface area contributed by atoms with Crippen molar-refractivity contribution in [1.29, 1.82) is 0 Å². The molecule has 0 saturated carbocycles. The fraction of sp³-hybridized carbons (Fsp3) is 0.889. The third-order valence-electron chi connectivity index (χ3n) is 1.85. The standard InChI is InChI=1S/C9H20N2O4/c1-13-7-11(8-14-2)5-9(15-3)4-10-6-12/h6,9H,4-5,7-8H2,1-3H3,(H,10,12). The molecule has 0 saturated heterocycles. The van der Waals surface area contributed by atoms with Gasteiger partial charge in [-0.3, -0.25) is 9.69 Å². The zero-order chi connectivity index (χ0) is 11.5. The summed E-state index contributed by atoms with van der Waals surface area (Å²) in [6.45, 7) is 2.05. The van der Waals surface area contributed by atoms with E-state index in [0.717, 1.165) is 0 Å². The van der Waals surface area contributed by atoms with Crippen LogP contribution in [0.5, 0.6) is 0 Å². The molecule has 90 valence electrons. The van der Waals surface area contributed by atoms with Crippen LogP contribution in [0.4, 0.5) is 0 Å². The number of rotatable bonds is 10. The molecule has 0 aromatic rings. The fourth-order valence-electron chi connectivity index (χ4n) is 1.20. The fourth-order valence-corrected chi connectivity index (χ4v) is 1.20. The zero-order valence-corrected chi connectivity index (χ0v) is 9.56. The topological polar surface area (TPSA) is 60.0 Å². The Kier molecular flexibility index (Phi) is 9.40. The molecule has 1 atom stereocenters. The van der Waals surface area contributed by atoms with Gasteiger partial charge in [-0.1, -0.05) is 0 Å². The number of amides is 1. The molecule has 0 aromatic carbocycles. The van der Waals surface area contributed by atoms with Crippen LogP contribution in [0.25, 0.3) is 0 Å². The van der Waals surface area contributed by atoms with Crippen LogP contribution in [0.1, 0.15) is 0 Å². The van der Waals surface area contributed by atoms with Crippen molar-refractivity contribution in [2.24, 2.45) is 0 Å². The van der Waals surface area contributed by atoms with Crippen LogP contribution in [0.2, 0.25) is 0 Å². The zero-order valence-electron chi connectivity index (χ0n) is 9.56. The summed E-state index contributed by atoms with van der Waals surface area (Å²) in [6.07, 6.45) is 0.587. The molecule has 0 aliphatic carbocycles. The molecule has 15 heavy (non-hydrogen) atoms. The minimum atomic E-state index is -0.0690. The minimum absolute atomic E-state index is 0.0690. The number of hydrogen-bond donors (Lipinski definition) is 1. The Morgan fingerprint density at radius 3 is 2.27 bits per heavy atom. The third-order valence-corrected chi connectivity index (χ3v) is 1.85. The lowest BCUT2D eigenvalue weighted by Crippen LogP contribution is -2.40. The first-order chi connectivity index (χ1) is 7.28. The summed E-state index contributed by atoms with van der Waals surface area (Å²) in [4.78, 5) is 12.1. The van der Waals surface area contributed by atoms with E-state index in [-0.39, 0.29) is 6.10 Å². The second-order valence-electron chi connectivity index (χ2n) is 3.07. The van der Waals surface area contributed by atoms with Crippen LogP contribution >= 0.6 is 0 Å². The molecule has 0 aromatic heterocycles. The van der Waals surface area contributed by atoms with Crippen LogP contribution in [-0.4, -0.2) is 65.3 Å². The van der Waals surface area contributed by atoms with Crippen molar-refractivity contribution >= 4 is 6.41 Å². The Labute approximate surface area is 90.5 Å². The number of carbonyl (C=O) groups excluding carboxylic acids is 1. The van der Waals surface area contributed by atoms with E-state index in [1.165, 1.54) is 0 Å². The summed E-state index contributed by atoms with van der Waals surface area (Å²) in [5, 5.41) is 2.57. The number of hydrogen-bond acceptors (Lipinski definition) is 5. The molecule has 0 aliphatic rings. The van der Waals surface area contributed by atoms with E-state index in [4.69, 9.17) is 14.2 Å². The van der Waals surface area contributed by atoms with Crippen molar-refractivity contribution in [1.82, 2.24) is 10.2 Å². The maximum atomic E-state index is 10.1. The van der Waals surface area contributed by atoms with Crippen LogP contribution in [-0.2, 0) is 19.0 Å². The summed E-state index contributed by atoms with van der Waals surface area (Å²) in [5.74, 6) is 0. The quantitative estimate of drug-likeness (QED) is 0.388. The third kappa shape index (κ3) is 7.26. The van der Waals surface area contributed by atoms with E-state index in [1.54, 1.807) is 21.3 Å². The number of ether oxygens (including phenoxy) is 3. The molecular weight excluding hydrogens is 200 g/mol. The summed E-state index contributed by atoms with van der Waals surface area (Å²) in [5.41, 5.74) is 0. The molecule has 0 rings (SSSR count). The van der Waals surface area contributed by atoms with Gasteiger partial charge in [-0.05, 0) is 0 Å². The molecule has 6 heteroatoms. The molecule has 1 amide bonds. The van der Waals surface area contributed by atoms with E-state index in [9.17, 15) is 4.79 Å². The summed E-state index contributed by atoms with van der Waals surface area (Å²) >= 11 is 0. The molecule has 6 nitrogen and oxygen atoms in total. The highest BCUT2D eigenvalue weighted by Gasteiger charge is 2.12. The van der Waals surface area contributed by atoms with Gasteiger partial charge in [0, 0.05) is 34.4 Å². The lowest BCUT2D eigenvalue weighted by atomic mass is 10.3. The first-order valence-corrected chi connectivity index (χ1v) is 4.68. The Bertz CT molecular complexity index is 151. The Morgan fingerprint density at radius 1 is 1.27 bits per heavy atom. The SMILES string of the molecule is COCN(COC)CC(CNC=O)OC. The predicted octanol–water partition coefficient (Wildman–Crippen LogP) is -0.743. The molecule has 0 aliphatic heterocycles. The van der Waals surface area contributed by atoms with E-state index in [0.29, 0.717) is 33.0 Å².